The Morgan fingerprint density at radius 1 is 1.67 bits per heavy atom. The van der Waals surface area contributed by atoms with Gasteiger partial charge in [-0.25, -0.2) is 4.39 Å². The third-order valence-corrected chi connectivity index (χ3v) is 2.86. The van der Waals surface area contributed by atoms with E-state index in [-0.39, 0.29) is 23.9 Å². The second kappa shape index (κ2) is 6.34. The van der Waals surface area contributed by atoms with Crippen LogP contribution in [0.4, 0.5) is 4.39 Å². The second-order valence-corrected chi connectivity index (χ2v) is 4.68. The number of nitrogens with one attached hydrogen (secondary N) is 1. The molecule has 0 aliphatic rings. The standard InChI is InChI=1S/C11H13BrFN3O2/c1-6(10(14)16-18)5-15-11(17)8-4-7(12)2-3-9(8)13/h2-4,6,18H,5H2,1H3,(H2,14,16)(H,15,17). The molecule has 0 fully saturated rings. The third-order valence-electron chi connectivity index (χ3n) is 2.36. The minimum Gasteiger partial charge on any atom is -0.409 e. The fraction of sp³-hybridized carbons (Fsp3) is 0.273. The molecular weight excluding hydrogens is 305 g/mol. The lowest BCUT2D eigenvalue weighted by Crippen LogP contribution is -2.35. The van der Waals surface area contributed by atoms with Crippen molar-refractivity contribution in [2.24, 2.45) is 16.8 Å². The van der Waals surface area contributed by atoms with Gasteiger partial charge in [-0.15, -0.1) is 0 Å². The largest absolute Gasteiger partial charge is 0.409 e. The number of oxime groups is 1. The first-order valence-electron chi connectivity index (χ1n) is 5.16. The molecule has 1 amide bonds. The van der Waals surface area contributed by atoms with Crippen LogP contribution in [0.1, 0.15) is 17.3 Å². The van der Waals surface area contributed by atoms with E-state index in [9.17, 15) is 9.18 Å². The molecule has 0 aliphatic heterocycles. The van der Waals surface area contributed by atoms with Gasteiger partial charge in [0.2, 0.25) is 0 Å². The molecule has 0 heterocycles. The van der Waals surface area contributed by atoms with Crippen LogP contribution in [0.5, 0.6) is 0 Å². The first-order valence-corrected chi connectivity index (χ1v) is 5.95. The first kappa shape index (κ1) is 14.4. The first-order chi connectivity index (χ1) is 8.45. The molecule has 1 atom stereocenters. The average molecular weight is 318 g/mol. The molecule has 5 nitrogen and oxygen atoms in total. The van der Waals surface area contributed by atoms with Crippen LogP contribution in [0.15, 0.2) is 27.8 Å². The van der Waals surface area contributed by atoms with Gasteiger partial charge in [0, 0.05) is 16.9 Å². The number of rotatable bonds is 4. The highest BCUT2D eigenvalue weighted by molar-refractivity contribution is 9.10. The summed E-state index contributed by atoms with van der Waals surface area (Å²) in [6, 6.07) is 4.09. The summed E-state index contributed by atoms with van der Waals surface area (Å²) in [6.45, 7) is 1.83. The van der Waals surface area contributed by atoms with Crippen LogP contribution in [0, 0.1) is 11.7 Å². The van der Waals surface area contributed by atoms with E-state index in [0.717, 1.165) is 0 Å². The van der Waals surface area contributed by atoms with Gasteiger partial charge < -0.3 is 16.3 Å². The van der Waals surface area contributed by atoms with Crippen LogP contribution in [0.2, 0.25) is 0 Å². The van der Waals surface area contributed by atoms with Crippen LogP contribution in [0.3, 0.4) is 0 Å². The molecule has 1 aromatic rings. The summed E-state index contributed by atoms with van der Waals surface area (Å²) in [5.74, 6) is -1.49. The van der Waals surface area contributed by atoms with Gasteiger partial charge in [-0.05, 0) is 18.2 Å². The topological polar surface area (TPSA) is 87.7 Å². The number of amides is 1. The molecule has 1 unspecified atom stereocenters. The van der Waals surface area contributed by atoms with E-state index in [1.807, 2.05) is 0 Å². The molecule has 0 radical (unpaired) electrons. The van der Waals surface area contributed by atoms with Crippen molar-refractivity contribution >= 4 is 27.7 Å². The number of carbonyl (C=O) groups excluding carboxylic acids is 1. The van der Waals surface area contributed by atoms with E-state index in [4.69, 9.17) is 10.9 Å². The molecule has 1 rings (SSSR count). The lowest BCUT2D eigenvalue weighted by Gasteiger charge is -2.11. The zero-order chi connectivity index (χ0) is 13.7. The Morgan fingerprint density at radius 2 is 2.33 bits per heavy atom. The molecular formula is C11H13BrFN3O2. The summed E-state index contributed by atoms with van der Waals surface area (Å²) in [5, 5.41) is 13.8. The molecule has 0 bridgehead atoms. The zero-order valence-corrected chi connectivity index (χ0v) is 11.2. The normalized spacial score (nSPS) is 13.2. The Bertz CT molecular complexity index is 479. The third kappa shape index (κ3) is 3.69. The molecule has 0 saturated carbocycles. The molecule has 98 valence electrons. The van der Waals surface area contributed by atoms with E-state index in [1.54, 1.807) is 6.92 Å². The number of benzene rings is 1. The monoisotopic (exact) mass is 317 g/mol. The number of hydrogen-bond donors (Lipinski definition) is 3. The Kier molecular flexibility index (Phi) is 5.08. The van der Waals surface area contributed by atoms with Gasteiger partial charge in [0.25, 0.3) is 5.91 Å². The molecule has 0 aliphatic carbocycles. The summed E-state index contributed by atoms with van der Waals surface area (Å²) in [7, 11) is 0. The minimum absolute atomic E-state index is 0.00464. The Labute approximate surface area is 112 Å². The summed E-state index contributed by atoms with van der Waals surface area (Å²) < 4.78 is 14.0. The fourth-order valence-electron chi connectivity index (χ4n) is 1.22. The van der Waals surface area contributed by atoms with Crippen molar-refractivity contribution in [2.75, 3.05) is 6.54 Å². The highest BCUT2D eigenvalue weighted by Gasteiger charge is 2.14. The van der Waals surface area contributed by atoms with Gasteiger partial charge in [0.1, 0.15) is 11.7 Å². The van der Waals surface area contributed by atoms with Crippen molar-refractivity contribution in [3.05, 3.63) is 34.1 Å². The highest BCUT2D eigenvalue weighted by atomic mass is 79.9. The lowest BCUT2D eigenvalue weighted by atomic mass is 10.1. The van der Waals surface area contributed by atoms with Gasteiger partial charge in [-0.2, -0.15) is 0 Å². The van der Waals surface area contributed by atoms with E-state index in [1.165, 1.54) is 18.2 Å². The van der Waals surface area contributed by atoms with Gasteiger partial charge in [0.05, 0.1) is 5.56 Å². The van der Waals surface area contributed by atoms with Gasteiger partial charge >= 0.3 is 0 Å². The summed E-state index contributed by atoms with van der Waals surface area (Å²) in [5.41, 5.74) is 5.30. The predicted molar refractivity (Wildman–Crippen MR) is 69.0 cm³/mol. The van der Waals surface area contributed by atoms with Crippen LogP contribution < -0.4 is 11.1 Å². The van der Waals surface area contributed by atoms with Crippen molar-refractivity contribution in [2.45, 2.75) is 6.92 Å². The molecule has 1 aromatic carbocycles. The zero-order valence-electron chi connectivity index (χ0n) is 9.65. The summed E-state index contributed by atoms with van der Waals surface area (Å²) in [4.78, 5) is 11.7. The molecule has 18 heavy (non-hydrogen) atoms. The smallest absolute Gasteiger partial charge is 0.254 e. The van der Waals surface area contributed by atoms with E-state index in [0.29, 0.717) is 4.47 Å². The Balaban J connectivity index is 2.69. The SMILES string of the molecule is CC(CNC(=O)c1cc(Br)ccc1F)C(N)=NO. The molecule has 0 aromatic heterocycles. The van der Waals surface area contributed by atoms with Crippen LogP contribution >= 0.6 is 15.9 Å². The van der Waals surface area contributed by atoms with Crippen LogP contribution in [-0.4, -0.2) is 23.5 Å². The molecule has 4 N–H and O–H groups in total. The molecule has 0 spiro atoms. The predicted octanol–water partition coefficient (Wildman–Crippen LogP) is 1.70. The van der Waals surface area contributed by atoms with Crippen LogP contribution in [0.25, 0.3) is 0 Å². The summed E-state index contributed by atoms with van der Waals surface area (Å²) in [6.07, 6.45) is 0. The van der Waals surface area contributed by atoms with Gasteiger partial charge in [0.15, 0.2) is 0 Å². The average Bonchev–Trinajstić information content (AvgIpc) is 2.37. The second-order valence-electron chi connectivity index (χ2n) is 3.76. The number of nitrogens with two attached hydrogens (primary N) is 1. The van der Waals surface area contributed by atoms with Crippen molar-refractivity contribution < 1.29 is 14.4 Å². The minimum atomic E-state index is -0.604. The van der Waals surface area contributed by atoms with E-state index < -0.39 is 11.7 Å². The maximum absolute atomic E-state index is 13.4. The van der Waals surface area contributed by atoms with Gasteiger partial charge in [-0.1, -0.05) is 28.0 Å². The quantitative estimate of drug-likeness (QED) is 0.342. The highest BCUT2D eigenvalue weighted by Crippen LogP contribution is 2.15. The maximum atomic E-state index is 13.4. The number of hydrogen-bond acceptors (Lipinski definition) is 3. The lowest BCUT2D eigenvalue weighted by molar-refractivity contribution is 0.0947. The number of amidine groups is 1. The Hall–Kier alpha value is -1.63. The van der Waals surface area contributed by atoms with Crippen molar-refractivity contribution in [3.63, 3.8) is 0 Å². The number of nitrogens with zero attached hydrogens (tertiary/aromatic N) is 1. The summed E-state index contributed by atoms with van der Waals surface area (Å²) >= 11 is 3.16. The van der Waals surface area contributed by atoms with Crippen LogP contribution in [-0.2, 0) is 0 Å². The van der Waals surface area contributed by atoms with Crippen molar-refractivity contribution in [3.8, 4) is 0 Å². The van der Waals surface area contributed by atoms with E-state index >= 15 is 0 Å². The Morgan fingerprint density at radius 3 is 2.94 bits per heavy atom. The van der Waals surface area contributed by atoms with Crippen molar-refractivity contribution in [1.82, 2.24) is 5.32 Å². The van der Waals surface area contributed by atoms with Gasteiger partial charge in [-0.3, -0.25) is 4.79 Å². The number of halogens is 2. The molecule has 7 heteroatoms. The van der Waals surface area contributed by atoms with Crippen molar-refractivity contribution in [1.29, 1.82) is 0 Å². The van der Waals surface area contributed by atoms with E-state index in [2.05, 4.69) is 26.4 Å². The molecule has 0 saturated heterocycles. The fourth-order valence-corrected chi connectivity index (χ4v) is 1.58. The number of carbonyl (C=O) groups is 1. The maximum Gasteiger partial charge on any atom is 0.254 e.